The molecule has 0 spiro atoms. The van der Waals surface area contributed by atoms with E-state index in [1.54, 1.807) is 0 Å². The van der Waals surface area contributed by atoms with Gasteiger partial charge in [0.25, 0.3) is 4.84 Å². The molecule has 3 nitrogen and oxygen atoms in total. The molecule has 0 N–H and O–H groups in total. The molecular formula is C13H15NO2S. The summed E-state index contributed by atoms with van der Waals surface area (Å²) in [7, 11) is 0. The summed E-state index contributed by atoms with van der Waals surface area (Å²) in [5.74, 6) is 0.0217. The van der Waals surface area contributed by atoms with Crippen LogP contribution in [0.4, 0.5) is 0 Å². The minimum Gasteiger partial charge on any atom is -0.429 e. The van der Waals surface area contributed by atoms with Crippen LogP contribution in [-0.4, -0.2) is 10.5 Å². The van der Waals surface area contributed by atoms with Crippen LogP contribution in [0.3, 0.4) is 0 Å². The van der Waals surface area contributed by atoms with E-state index in [-0.39, 0.29) is 10.7 Å². The number of fused-ring (bicyclic) bond motifs is 1. The van der Waals surface area contributed by atoms with Crippen molar-refractivity contribution in [3.63, 3.8) is 0 Å². The van der Waals surface area contributed by atoms with Crippen molar-refractivity contribution in [2.45, 2.75) is 32.6 Å². The van der Waals surface area contributed by atoms with Crippen LogP contribution < -0.4 is 0 Å². The second kappa shape index (κ2) is 5.27. The molecule has 0 aliphatic heterocycles. The minimum absolute atomic E-state index is 0.0217. The molecule has 1 heterocycles. The largest absolute Gasteiger partial charge is 0.429 e. The van der Waals surface area contributed by atoms with Crippen molar-refractivity contribution in [3.05, 3.63) is 29.1 Å². The van der Waals surface area contributed by atoms with Crippen molar-refractivity contribution in [2.75, 3.05) is 0 Å². The minimum atomic E-state index is 0.0217. The fraction of sp³-hybridized carbons (Fsp3) is 0.385. The fourth-order valence-electron chi connectivity index (χ4n) is 1.84. The van der Waals surface area contributed by atoms with Crippen molar-refractivity contribution in [2.24, 2.45) is 0 Å². The molecule has 0 saturated carbocycles. The lowest BCUT2D eigenvalue weighted by Crippen LogP contribution is -2.09. The Kier molecular flexibility index (Phi) is 3.74. The van der Waals surface area contributed by atoms with Crippen LogP contribution in [0.5, 0.6) is 0 Å². The van der Waals surface area contributed by atoms with Crippen LogP contribution in [0.2, 0.25) is 0 Å². The number of hydrogen-bond acceptors (Lipinski definition) is 3. The standard InChI is InChI=1S/C13H15NO2S/c1-2-3-4-9-12(15)14-10-7-5-6-8-11(10)16-13(14)17/h5-8H,2-4,9H2,1H3. The van der Waals surface area contributed by atoms with Gasteiger partial charge in [-0.1, -0.05) is 31.9 Å². The van der Waals surface area contributed by atoms with Crippen molar-refractivity contribution in [3.8, 4) is 0 Å². The Morgan fingerprint density at radius 1 is 1.35 bits per heavy atom. The number of carbonyl (C=O) groups is 1. The van der Waals surface area contributed by atoms with Crippen molar-refractivity contribution < 1.29 is 9.21 Å². The van der Waals surface area contributed by atoms with Gasteiger partial charge in [-0.3, -0.25) is 4.79 Å². The average molecular weight is 249 g/mol. The highest BCUT2D eigenvalue weighted by Crippen LogP contribution is 2.18. The maximum absolute atomic E-state index is 12.1. The normalized spacial score (nSPS) is 10.9. The Labute approximate surface area is 105 Å². The Morgan fingerprint density at radius 3 is 2.88 bits per heavy atom. The third kappa shape index (κ3) is 2.47. The van der Waals surface area contributed by atoms with Crippen LogP contribution in [0, 0.1) is 4.84 Å². The number of hydrogen-bond donors (Lipinski definition) is 0. The number of carbonyl (C=O) groups excluding carboxylic acids is 1. The summed E-state index contributed by atoms with van der Waals surface area (Å²) < 4.78 is 6.88. The van der Waals surface area contributed by atoms with Crippen LogP contribution in [0.25, 0.3) is 11.1 Å². The van der Waals surface area contributed by atoms with E-state index in [1.165, 1.54) is 4.57 Å². The highest BCUT2D eigenvalue weighted by atomic mass is 32.1. The first kappa shape index (κ1) is 12.0. The molecule has 0 unspecified atom stereocenters. The van der Waals surface area contributed by atoms with E-state index in [2.05, 4.69) is 6.92 Å². The van der Waals surface area contributed by atoms with Crippen molar-refractivity contribution in [1.29, 1.82) is 0 Å². The summed E-state index contributed by atoms with van der Waals surface area (Å²) in [6.45, 7) is 2.11. The monoisotopic (exact) mass is 249 g/mol. The zero-order chi connectivity index (χ0) is 12.3. The number of nitrogens with zero attached hydrogens (tertiary/aromatic N) is 1. The number of benzene rings is 1. The Balaban J connectivity index is 2.31. The molecule has 2 rings (SSSR count). The molecule has 0 aliphatic carbocycles. The number of rotatable bonds is 4. The van der Waals surface area contributed by atoms with Gasteiger partial charge < -0.3 is 4.42 Å². The van der Waals surface area contributed by atoms with Gasteiger partial charge in [0.2, 0.25) is 5.91 Å². The van der Waals surface area contributed by atoms with E-state index in [0.717, 1.165) is 24.8 Å². The summed E-state index contributed by atoms with van der Waals surface area (Å²) in [6, 6.07) is 7.42. The van der Waals surface area contributed by atoms with Gasteiger partial charge in [0.05, 0.1) is 5.52 Å². The van der Waals surface area contributed by atoms with Crippen LogP contribution in [-0.2, 0) is 0 Å². The van der Waals surface area contributed by atoms with E-state index in [9.17, 15) is 4.79 Å². The van der Waals surface area contributed by atoms with E-state index in [4.69, 9.17) is 16.6 Å². The molecule has 1 aromatic heterocycles. The number of aromatic nitrogens is 1. The molecule has 0 amide bonds. The van der Waals surface area contributed by atoms with E-state index < -0.39 is 0 Å². The molecule has 17 heavy (non-hydrogen) atoms. The maximum atomic E-state index is 12.1. The summed E-state index contributed by atoms with van der Waals surface area (Å²) in [5.41, 5.74) is 1.43. The molecule has 0 radical (unpaired) electrons. The molecule has 90 valence electrons. The first-order valence-corrected chi connectivity index (χ1v) is 6.28. The molecule has 0 saturated heterocycles. The van der Waals surface area contributed by atoms with Gasteiger partial charge in [0.15, 0.2) is 5.58 Å². The topological polar surface area (TPSA) is 35.1 Å². The number of unbranched alkanes of at least 4 members (excludes halogenated alkanes) is 2. The van der Waals surface area contributed by atoms with Gasteiger partial charge in [-0.2, -0.15) is 0 Å². The zero-order valence-electron chi connectivity index (χ0n) is 9.81. The van der Waals surface area contributed by atoms with Crippen LogP contribution >= 0.6 is 12.2 Å². The lowest BCUT2D eigenvalue weighted by atomic mass is 10.2. The molecule has 4 heteroatoms. The molecule has 0 atom stereocenters. The zero-order valence-corrected chi connectivity index (χ0v) is 10.6. The van der Waals surface area contributed by atoms with Crippen molar-refractivity contribution in [1.82, 2.24) is 4.57 Å². The number of para-hydroxylation sites is 2. The maximum Gasteiger partial charge on any atom is 0.276 e. The van der Waals surface area contributed by atoms with E-state index in [1.807, 2.05) is 24.3 Å². The molecule has 0 bridgehead atoms. The SMILES string of the molecule is CCCCCC(=O)n1c(=S)oc2ccccc21. The third-order valence-corrected chi connectivity index (χ3v) is 3.00. The van der Waals surface area contributed by atoms with Gasteiger partial charge in [0, 0.05) is 6.42 Å². The van der Waals surface area contributed by atoms with Gasteiger partial charge in [-0.05, 0) is 30.8 Å². The lowest BCUT2D eigenvalue weighted by molar-refractivity contribution is 0.0898. The molecular weight excluding hydrogens is 234 g/mol. The fourth-order valence-corrected chi connectivity index (χ4v) is 2.13. The first-order valence-electron chi connectivity index (χ1n) is 5.88. The molecule has 0 aliphatic rings. The Bertz CT molecular complexity index is 582. The smallest absolute Gasteiger partial charge is 0.276 e. The second-order valence-electron chi connectivity index (χ2n) is 4.02. The highest BCUT2D eigenvalue weighted by molar-refractivity contribution is 7.71. The molecule has 2 aromatic rings. The number of oxazole rings is 1. The summed E-state index contributed by atoms with van der Waals surface area (Å²) >= 11 is 5.08. The quantitative estimate of drug-likeness (QED) is 0.602. The van der Waals surface area contributed by atoms with Crippen LogP contribution in [0.1, 0.15) is 37.4 Å². The van der Waals surface area contributed by atoms with Gasteiger partial charge in [-0.15, -0.1) is 0 Å². The lowest BCUT2D eigenvalue weighted by Gasteiger charge is -2.01. The second-order valence-corrected chi connectivity index (χ2v) is 4.37. The Morgan fingerprint density at radius 2 is 2.12 bits per heavy atom. The Hall–Kier alpha value is -1.42. The average Bonchev–Trinajstić information content (AvgIpc) is 2.65. The highest BCUT2D eigenvalue weighted by Gasteiger charge is 2.12. The van der Waals surface area contributed by atoms with E-state index in [0.29, 0.717) is 12.0 Å². The molecule has 1 aromatic carbocycles. The van der Waals surface area contributed by atoms with Gasteiger partial charge >= 0.3 is 0 Å². The van der Waals surface area contributed by atoms with Gasteiger partial charge in [0.1, 0.15) is 0 Å². The van der Waals surface area contributed by atoms with Gasteiger partial charge in [-0.25, -0.2) is 4.57 Å². The molecule has 0 fully saturated rings. The van der Waals surface area contributed by atoms with Crippen LogP contribution in [0.15, 0.2) is 28.7 Å². The summed E-state index contributed by atoms with van der Waals surface area (Å²) in [4.78, 5) is 12.3. The third-order valence-electron chi connectivity index (χ3n) is 2.73. The summed E-state index contributed by atoms with van der Waals surface area (Å²) in [5, 5.41) is 0. The first-order chi connectivity index (χ1) is 8.24. The predicted molar refractivity (Wildman–Crippen MR) is 69.8 cm³/mol. The van der Waals surface area contributed by atoms with E-state index >= 15 is 0 Å². The van der Waals surface area contributed by atoms with Crippen molar-refractivity contribution >= 4 is 29.2 Å². The predicted octanol–water partition coefficient (Wildman–Crippen LogP) is 4.18. The summed E-state index contributed by atoms with van der Waals surface area (Å²) in [6.07, 6.45) is 3.59.